The zero-order valence-corrected chi connectivity index (χ0v) is 12.2. The van der Waals surface area contributed by atoms with Crippen LogP contribution in [-0.4, -0.2) is 42.9 Å². The Labute approximate surface area is 120 Å². The van der Waals surface area contributed by atoms with Gasteiger partial charge in [-0.25, -0.2) is 4.79 Å². The Morgan fingerprint density at radius 3 is 2.60 bits per heavy atom. The molecule has 6 nitrogen and oxygen atoms in total. The second-order valence-electron chi connectivity index (χ2n) is 5.32. The molecule has 2 atom stereocenters. The summed E-state index contributed by atoms with van der Waals surface area (Å²) in [4.78, 5) is 21.9. The van der Waals surface area contributed by atoms with Crippen LogP contribution in [-0.2, 0) is 9.53 Å². The SMILES string of the molecule is CC1OCCC1CNC(=O)NCCCCCCC(=O)O. The predicted octanol–water partition coefficient (Wildman–Crippen LogP) is 1.75. The molecule has 2 amide bonds. The van der Waals surface area contributed by atoms with E-state index in [1.54, 1.807) is 0 Å². The molecule has 3 N–H and O–H groups in total. The van der Waals surface area contributed by atoms with Gasteiger partial charge in [0.2, 0.25) is 0 Å². The van der Waals surface area contributed by atoms with Crippen LogP contribution >= 0.6 is 0 Å². The van der Waals surface area contributed by atoms with Crippen molar-refractivity contribution in [1.29, 1.82) is 0 Å². The van der Waals surface area contributed by atoms with Crippen LogP contribution in [0, 0.1) is 5.92 Å². The molecular weight excluding hydrogens is 260 g/mol. The first kappa shape index (κ1) is 16.8. The third-order valence-corrected chi connectivity index (χ3v) is 3.66. The molecule has 1 aliphatic heterocycles. The number of hydrogen-bond donors (Lipinski definition) is 3. The lowest BCUT2D eigenvalue weighted by Gasteiger charge is -2.15. The molecular formula is C14H26N2O4. The van der Waals surface area contributed by atoms with Gasteiger partial charge >= 0.3 is 12.0 Å². The molecule has 6 heteroatoms. The Balaban J connectivity index is 1.91. The van der Waals surface area contributed by atoms with E-state index in [1.165, 1.54) is 0 Å². The van der Waals surface area contributed by atoms with E-state index in [9.17, 15) is 9.59 Å². The van der Waals surface area contributed by atoms with Crippen LogP contribution in [0.1, 0.15) is 45.4 Å². The van der Waals surface area contributed by atoms with Crippen LogP contribution < -0.4 is 10.6 Å². The number of unbranched alkanes of at least 4 members (excludes halogenated alkanes) is 3. The number of carbonyl (C=O) groups is 2. The molecule has 1 fully saturated rings. The van der Waals surface area contributed by atoms with Gasteiger partial charge in [-0.3, -0.25) is 4.79 Å². The van der Waals surface area contributed by atoms with Crippen molar-refractivity contribution in [3.8, 4) is 0 Å². The number of carbonyl (C=O) groups excluding carboxylic acids is 1. The second kappa shape index (κ2) is 9.58. The van der Waals surface area contributed by atoms with Crippen molar-refractivity contribution in [3.05, 3.63) is 0 Å². The summed E-state index contributed by atoms with van der Waals surface area (Å²) in [5.41, 5.74) is 0. The van der Waals surface area contributed by atoms with Crippen molar-refractivity contribution in [2.24, 2.45) is 5.92 Å². The number of amides is 2. The number of ether oxygens (including phenoxy) is 1. The summed E-state index contributed by atoms with van der Waals surface area (Å²) >= 11 is 0. The summed E-state index contributed by atoms with van der Waals surface area (Å²) in [6.45, 7) is 4.11. The van der Waals surface area contributed by atoms with Gasteiger partial charge in [-0.15, -0.1) is 0 Å². The number of aliphatic carboxylic acids is 1. The highest BCUT2D eigenvalue weighted by Crippen LogP contribution is 2.19. The van der Waals surface area contributed by atoms with Crippen LogP contribution in [0.3, 0.4) is 0 Å². The lowest BCUT2D eigenvalue weighted by molar-refractivity contribution is -0.137. The van der Waals surface area contributed by atoms with Crippen LogP contribution in [0.25, 0.3) is 0 Å². The van der Waals surface area contributed by atoms with E-state index in [2.05, 4.69) is 10.6 Å². The van der Waals surface area contributed by atoms with Crippen LogP contribution in [0.15, 0.2) is 0 Å². The summed E-state index contributed by atoms with van der Waals surface area (Å²) in [5, 5.41) is 14.2. The van der Waals surface area contributed by atoms with Crippen LogP contribution in [0.4, 0.5) is 4.79 Å². The minimum absolute atomic E-state index is 0.130. The number of hydrogen-bond acceptors (Lipinski definition) is 3. The summed E-state index contributed by atoms with van der Waals surface area (Å²) in [6.07, 6.45) is 4.90. The Kier molecular flexibility index (Phi) is 8.02. The van der Waals surface area contributed by atoms with Gasteiger partial charge in [-0.2, -0.15) is 0 Å². The maximum Gasteiger partial charge on any atom is 0.314 e. The number of carboxylic acids is 1. The van der Waals surface area contributed by atoms with Crippen molar-refractivity contribution in [3.63, 3.8) is 0 Å². The van der Waals surface area contributed by atoms with Gasteiger partial charge in [0.05, 0.1) is 6.10 Å². The minimum atomic E-state index is -0.743. The van der Waals surface area contributed by atoms with E-state index < -0.39 is 5.97 Å². The third-order valence-electron chi connectivity index (χ3n) is 3.66. The molecule has 1 rings (SSSR count). The van der Waals surface area contributed by atoms with Gasteiger partial charge in [0.15, 0.2) is 0 Å². The molecule has 0 aromatic rings. The monoisotopic (exact) mass is 286 g/mol. The molecule has 0 aromatic heterocycles. The average Bonchev–Trinajstić information content (AvgIpc) is 2.80. The molecule has 1 heterocycles. The Morgan fingerprint density at radius 1 is 1.20 bits per heavy atom. The highest BCUT2D eigenvalue weighted by Gasteiger charge is 2.24. The zero-order valence-electron chi connectivity index (χ0n) is 12.2. The summed E-state index contributed by atoms with van der Waals surface area (Å²) < 4.78 is 5.44. The lowest BCUT2D eigenvalue weighted by Crippen LogP contribution is -2.39. The topological polar surface area (TPSA) is 87.7 Å². The fourth-order valence-corrected chi connectivity index (χ4v) is 2.29. The smallest absolute Gasteiger partial charge is 0.314 e. The molecule has 1 aliphatic rings. The maximum atomic E-state index is 11.5. The van der Waals surface area contributed by atoms with Gasteiger partial charge in [-0.05, 0) is 26.2 Å². The van der Waals surface area contributed by atoms with E-state index >= 15 is 0 Å². The number of rotatable bonds is 9. The molecule has 0 bridgehead atoms. The summed E-state index contributed by atoms with van der Waals surface area (Å²) in [7, 11) is 0. The Morgan fingerprint density at radius 2 is 1.95 bits per heavy atom. The van der Waals surface area contributed by atoms with E-state index in [1.807, 2.05) is 6.92 Å². The van der Waals surface area contributed by atoms with Crippen molar-refractivity contribution < 1.29 is 19.4 Å². The first-order valence-corrected chi connectivity index (χ1v) is 7.44. The van der Waals surface area contributed by atoms with Crippen LogP contribution in [0.2, 0.25) is 0 Å². The molecule has 0 spiro atoms. The van der Waals surface area contributed by atoms with Gasteiger partial charge in [0.25, 0.3) is 0 Å². The molecule has 0 aliphatic carbocycles. The van der Waals surface area contributed by atoms with E-state index in [4.69, 9.17) is 9.84 Å². The number of nitrogens with one attached hydrogen (secondary N) is 2. The summed E-state index contributed by atoms with van der Waals surface area (Å²) in [6, 6.07) is -0.130. The largest absolute Gasteiger partial charge is 0.481 e. The first-order chi connectivity index (χ1) is 9.59. The van der Waals surface area contributed by atoms with Gasteiger partial charge in [0, 0.05) is 32.0 Å². The molecule has 20 heavy (non-hydrogen) atoms. The maximum absolute atomic E-state index is 11.5. The molecule has 116 valence electrons. The molecule has 2 unspecified atom stereocenters. The van der Waals surface area contributed by atoms with Crippen molar-refractivity contribution >= 4 is 12.0 Å². The van der Waals surface area contributed by atoms with Crippen molar-refractivity contribution in [2.45, 2.75) is 51.6 Å². The fraction of sp³-hybridized carbons (Fsp3) is 0.857. The highest BCUT2D eigenvalue weighted by atomic mass is 16.5. The fourth-order valence-electron chi connectivity index (χ4n) is 2.29. The van der Waals surface area contributed by atoms with Gasteiger partial charge in [0.1, 0.15) is 0 Å². The van der Waals surface area contributed by atoms with Gasteiger partial charge in [-0.1, -0.05) is 12.8 Å². The molecule has 1 saturated heterocycles. The normalized spacial score (nSPS) is 21.6. The molecule has 0 radical (unpaired) electrons. The van der Waals surface area contributed by atoms with Crippen molar-refractivity contribution in [2.75, 3.05) is 19.7 Å². The number of urea groups is 1. The third kappa shape index (κ3) is 7.33. The first-order valence-electron chi connectivity index (χ1n) is 7.44. The molecule has 0 aromatic carbocycles. The molecule has 0 saturated carbocycles. The quantitative estimate of drug-likeness (QED) is 0.563. The Hall–Kier alpha value is -1.30. The average molecular weight is 286 g/mol. The van der Waals surface area contributed by atoms with Gasteiger partial charge < -0.3 is 20.5 Å². The van der Waals surface area contributed by atoms with Crippen molar-refractivity contribution in [1.82, 2.24) is 10.6 Å². The predicted molar refractivity (Wildman–Crippen MR) is 75.6 cm³/mol. The lowest BCUT2D eigenvalue weighted by atomic mass is 10.0. The standard InChI is InChI=1S/C14H26N2O4/c1-11-12(7-9-20-11)10-16-14(19)15-8-5-3-2-4-6-13(17)18/h11-12H,2-10H2,1H3,(H,17,18)(H2,15,16,19). The minimum Gasteiger partial charge on any atom is -0.481 e. The van der Waals surface area contributed by atoms with E-state index in [-0.39, 0.29) is 18.6 Å². The second-order valence-corrected chi connectivity index (χ2v) is 5.32. The highest BCUT2D eigenvalue weighted by molar-refractivity contribution is 5.73. The van der Waals surface area contributed by atoms with E-state index in [0.717, 1.165) is 32.3 Å². The van der Waals surface area contributed by atoms with Crippen LogP contribution in [0.5, 0.6) is 0 Å². The zero-order chi connectivity index (χ0) is 14.8. The van der Waals surface area contributed by atoms with E-state index in [0.29, 0.717) is 25.4 Å². The summed E-state index contributed by atoms with van der Waals surface area (Å²) in [5.74, 6) is -0.329. The Bertz CT molecular complexity index is 310. The number of carboxylic acid groups (broad SMARTS) is 1.